The predicted octanol–water partition coefficient (Wildman–Crippen LogP) is 5.12. The molecule has 21 heavy (non-hydrogen) atoms. The molecule has 1 saturated carbocycles. The van der Waals surface area contributed by atoms with E-state index in [0.717, 1.165) is 30.2 Å². The van der Waals surface area contributed by atoms with Crippen molar-refractivity contribution in [3.05, 3.63) is 35.4 Å². The number of halogens is 2. The fourth-order valence-corrected chi connectivity index (χ4v) is 4.92. The summed E-state index contributed by atoms with van der Waals surface area (Å²) in [5, 5.41) is 0. The van der Waals surface area contributed by atoms with Crippen LogP contribution in [0.5, 0.6) is 0 Å². The van der Waals surface area contributed by atoms with Crippen molar-refractivity contribution in [2.45, 2.75) is 64.0 Å². The largest absolute Gasteiger partial charge is 0.204 e. The van der Waals surface area contributed by atoms with E-state index in [2.05, 4.69) is 6.92 Å². The Morgan fingerprint density at radius 1 is 1.00 bits per heavy atom. The molecule has 0 atom stereocenters. The zero-order valence-electron chi connectivity index (χ0n) is 13.2. The summed E-state index contributed by atoms with van der Waals surface area (Å²) in [6, 6.07) is 7.30. The number of hydrogen-bond acceptors (Lipinski definition) is 0. The van der Waals surface area contributed by atoms with Crippen LogP contribution >= 0.6 is 0 Å². The molecule has 0 aromatic heterocycles. The topological polar surface area (TPSA) is 0 Å². The van der Waals surface area contributed by atoms with Crippen LogP contribution in [-0.2, 0) is 6.42 Å². The second-order valence-electron chi connectivity index (χ2n) is 6.67. The first-order valence-corrected chi connectivity index (χ1v) is 10.6. The molecule has 1 aromatic carbocycles. The van der Waals surface area contributed by atoms with Crippen LogP contribution < -0.4 is 0 Å². The van der Waals surface area contributed by atoms with E-state index in [1.54, 1.807) is 6.07 Å². The molecule has 0 amide bonds. The molecule has 0 radical (unpaired) electrons. The van der Waals surface area contributed by atoms with Gasteiger partial charge in [0, 0.05) is 9.52 Å². The molecular weight excluding hydrogens is 282 g/mol. The summed E-state index contributed by atoms with van der Waals surface area (Å²) >= 11 is 0. The molecule has 0 bridgehead atoms. The molecule has 0 nitrogen and oxygen atoms in total. The molecule has 2 rings (SSSR count). The fourth-order valence-electron chi connectivity index (χ4n) is 3.56. The molecule has 1 fully saturated rings. The Labute approximate surface area is 130 Å². The second kappa shape index (κ2) is 8.67. The summed E-state index contributed by atoms with van der Waals surface area (Å²) < 4.78 is 26.1. The monoisotopic (exact) mass is 310 g/mol. The Kier molecular flexibility index (Phi) is 6.88. The van der Waals surface area contributed by atoms with E-state index in [4.69, 9.17) is 0 Å². The Morgan fingerprint density at radius 2 is 1.67 bits per heavy atom. The third-order valence-corrected chi connectivity index (χ3v) is 6.62. The van der Waals surface area contributed by atoms with Crippen molar-refractivity contribution < 1.29 is 8.78 Å². The molecule has 3 heteroatoms. The Hall–Kier alpha value is -0.703. The van der Waals surface area contributed by atoms with Crippen LogP contribution in [0.2, 0.25) is 12.1 Å². The van der Waals surface area contributed by atoms with Crippen molar-refractivity contribution in [2.75, 3.05) is 0 Å². The van der Waals surface area contributed by atoms with E-state index in [-0.39, 0.29) is 9.52 Å². The fraction of sp³-hybridized carbons (Fsp3) is 0.667. The first-order valence-electron chi connectivity index (χ1n) is 8.63. The number of aryl methyl sites for hydroxylation is 1. The van der Waals surface area contributed by atoms with Crippen LogP contribution in [-0.4, -0.2) is 9.52 Å². The van der Waals surface area contributed by atoms with Crippen LogP contribution in [0, 0.1) is 23.5 Å². The van der Waals surface area contributed by atoms with Gasteiger partial charge in [-0.05, 0) is 42.4 Å². The van der Waals surface area contributed by atoms with Crippen molar-refractivity contribution in [1.29, 1.82) is 0 Å². The molecular formula is C18H28F2Si. The summed E-state index contributed by atoms with van der Waals surface area (Å²) in [5.41, 5.74) is 0.935. The van der Waals surface area contributed by atoms with Gasteiger partial charge in [-0.2, -0.15) is 0 Å². The van der Waals surface area contributed by atoms with Crippen molar-refractivity contribution in [2.24, 2.45) is 11.8 Å². The quantitative estimate of drug-likeness (QED) is 0.484. The highest BCUT2D eigenvalue weighted by atomic mass is 28.2. The summed E-state index contributed by atoms with van der Waals surface area (Å²) in [7, 11) is 0.246. The minimum absolute atomic E-state index is 0.246. The molecule has 0 heterocycles. The highest BCUT2D eigenvalue weighted by molar-refractivity contribution is 6.35. The van der Waals surface area contributed by atoms with Crippen LogP contribution in [0.1, 0.15) is 51.0 Å². The van der Waals surface area contributed by atoms with Crippen LogP contribution in [0.25, 0.3) is 0 Å². The average molecular weight is 311 g/mol. The van der Waals surface area contributed by atoms with Gasteiger partial charge in [-0.25, -0.2) is 8.78 Å². The molecule has 0 saturated heterocycles. The van der Waals surface area contributed by atoms with Gasteiger partial charge in [0.25, 0.3) is 0 Å². The Bertz CT molecular complexity index is 425. The molecule has 1 aromatic rings. The summed E-state index contributed by atoms with van der Waals surface area (Å²) in [5.74, 6) is 0.313. The molecule has 1 aliphatic rings. The normalized spacial score (nSPS) is 23.0. The van der Waals surface area contributed by atoms with Gasteiger partial charge >= 0.3 is 0 Å². The van der Waals surface area contributed by atoms with Gasteiger partial charge in [-0.3, -0.25) is 0 Å². The maximum absolute atomic E-state index is 13.2. The van der Waals surface area contributed by atoms with Gasteiger partial charge in [-0.15, -0.1) is 0 Å². The lowest BCUT2D eigenvalue weighted by Gasteiger charge is -2.28. The molecule has 118 valence electrons. The third kappa shape index (κ3) is 5.53. The maximum atomic E-state index is 13.2. The van der Waals surface area contributed by atoms with Crippen molar-refractivity contribution in [3.8, 4) is 0 Å². The lowest BCUT2D eigenvalue weighted by Crippen LogP contribution is -2.15. The smallest absolute Gasteiger partial charge is 0.159 e. The molecule has 0 unspecified atom stereocenters. The van der Waals surface area contributed by atoms with Gasteiger partial charge < -0.3 is 0 Å². The standard InChI is InChI=1S/C18H28F2Si/c1-2-21-12-11-15-5-3-14(4-6-15)7-8-16-9-10-17(19)18(20)13-16/h9-10,13-15H,2-8,11-12,21H2,1H3/t14-,15-. The Balaban J connectivity index is 1.67. The van der Waals surface area contributed by atoms with E-state index in [1.165, 1.54) is 56.3 Å². The summed E-state index contributed by atoms with van der Waals surface area (Å²) in [4.78, 5) is 0. The van der Waals surface area contributed by atoms with E-state index < -0.39 is 11.6 Å². The molecule has 1 aliphatic carbocycles. The van der Waals surface area contributed by atoms with Gasteiger partial charge in [0.15, 0.2) is 11.6 Å². The van der Waals surface area contributed by atoms with E-state index in [9.17, 15) is 8.78 Å². The summed E-state index contributed by atoms with van der Waals surface area (Å²) in [6.07, 6.45) is 8.93. The molecule has 0 spiro atoms. The van der Waals surface area contributed by atoms with Crippen LogP contribution in [0.15, 0.2) is 18.2 Å². The van der Waals surface area contributed by atoms with Crippen molar-refractivity contribution in [3.63, 3.8) is 0 Å². The molecule has 0 N–H and O–H groups in total. The number of rotatable bonds is 7. The SMILES string of the molecule is CC[SiH2]CC[C@H]1CC[C@H](CCc2ccc(F)c(F)c2)CC1. The Morgan fingerprint density at radius 3 is 2.29 bits per heavy atom. The van der Waals surface area contributed by atoms with Crippen molar-refractivity contribution >= 4 is 9.52 Å². The van der Waals surface area contributed by atoms with Gasteiger partial charge in [0.2, 0.25) is 0 Å². The first kappa shape index (κ1) is 16.7. The lowest BCUT2D eigenvalue weighted by atomic mass is 9.78. The maximum Gasteiger partial charge on any atom is 0.159 e. The summed E-state index contributed by atoms with van der Waals surface area (Å²) in [6.45, 7) is 2.32. The highest BCUT2D eigenvalue weighted by Gasteiger charge is 2.20. The van der Waals surface area contributed by atoms with Crippen molar-refractivity contribution in [1.82, 2.24) is 0 Å². The third-order valence-electron chi connectivity index (χ3n) is 5.01. The van der Waals surface area contributed by atoms with Crippen LogP contribution in [0.4, 0.5) is 8.78 Å². The number of hydrogen-bond donors (Lipinski definition) is 0. The van der Waals surface area contributed by atoms with Gasteiger partial charge in [0.05, 0.1) is 0 Å². The van der Waals surface area contributed by atoms with Crippen LogP contribution in [0.3, 0.4) is 0 Å². The van der Waals surface area contributed by atoms with E-state index in [0.29, 0.717) is 0 Å². The second-order valence-corrected chi connectivity index (χ2v) is 9.08. The zero-order valence-corrected chi connectivity index (χ0v) is 14.6. The predicted molar refractivity (Wildman–Crippen MR) is 88.6 cm³/mol. The van der Waals surface area contributed by atoms with E-state index in [1.807, 2.05) is 0 Å². The lowest BCUT2D eigenvalue weighted by molar-refractivity contribution is 0.258. The molecule has 0 aliphatic heterocycles. The minimum atomic E-state index is -0.741. The van der Waals surface area contributed by atoms with Gasteiger partial charge in [-0.1, -0.05) is 57.2 Å². The average Bonchev–Trinajstić information content (AvgIpc) is 2.50. The van der Waals surface area contributed by atoms with Gasteiger partial charge in [0.1, 0.15) is 0 Å². The number of benzene rings is 1. The highest BCUT2D eigenvalue weighted by Crippen LogP contribution is 2.34. The zero-order chi connectivity index (χ0) is 15.1. The van der Waals surface area contributed by atoms with E-state index >= 15 is 0 Å². The first-order chi connectivity index (χ1) is 10.2. The minimum Gasteiger partial charge on any atom is -0.204 e.